The van der Waals surface area contributed by atoms with Crippen LogP contribution < -0.4 is 16.7 Å². The number of rotatable bonds is 11. The summed E-state index contributed by atoms with van der Waals surface area (Å²) in [6.45, 7) is 10.7. The van der Waals surface area contributed by atoms with E-state index in [0.29, 0.717) is 29.5 Å². The SMILES string of the molecule is CCCCNc1nc(N)c2[nH]c(=O)n(CCCCN3CCN(CC4CC4)CC3)c2n1. The van der Waals surface area contributed by atoms with Crippen LogP contribution in [0.15, 0.2) is 4.79 Å². The maximum Gasteiger partial charge on any atom is 0.327 e. The van der Waals surface area contributed by atoms with Crippen LogP contribution in [-0.2, 0) is 6.54 Å². The first-order valence-corrected chi connectivity index (χ1v) is 11.6. The third kappa shape index (κ3) is 5.31. The fraction of sp³-hybridized carbons (Fsp3) is 0.762. The van der Waals surface area contributed by atoms with E-state index < -0.39 is 0 Å². The number of fused-ring (bicyclic) bond motifs is 1. The third-order valence-corrected chi connectivity index (χ3v) is 6.25. The van der Waals surface area contributed by atoms with Gasteiger partial charge in [0, 0.05) is 45.8 Å². The zero-order valence-electron chi connectivity index (χ0n) is 18.2. The smallest absolute Gasteiger partial charge is 0.327 e. The fourth-order valence-corrected chi connectivity index (χ4v) is 4.18. The predicted octanol–water partition coefficient (Wildman–Crippen LogP) is 1.72. The molecule has 2 aromatic rings. The molecule has 2 fully saturated rings. The highest BCUT2D eigenvalue weighted by atomic mass is 16.1. The largest absolute Gasteiger partial charge is 0.382 e. The summed E-state index contributed by atoms with van der Waals surface area (Å²) in [6, 6.07) is 0. The van der Waals surface area contributed by atoms with Gasteiger partial charge >= 0.3 is 5.69 Å². The molecule has 1 saturated heterocycles. The number of anilines is 2. The summed E-state index contributed by atoms with van der Waals surface area (Å²) in [4.78, 5) is 29.3. The van der Waals surface area contributed by atoms with E-state index in [1.807, 2.05) is 0 Å². The van der Waals surface area contributed by atoms with Crippen LogP contribution in [-0.4, -0.2) is 75.1 Å². The Morgan fingerprint density at radius 3 is 2.53 bits per heavy atom. The van der Waals surface area contributed by atoms with Gasteiger partial charge in [-0.25, -0.2) is 4.79 Å². The number of H-pyrrole nitrogens is 1. The monoisotopic (exact) mass is 416 g/mol. The zero-order valence-corrected chi connectivity index (χ0v) is 18.2. The Morgan fingerprint density at radius 1 is 1.07 bits per heavy atom. The molecule has 0 radical (unpaired) electrons. The van der Waals surface area contributed by atoms with Crippen molar-refractivity contribution in [2.24, 2.45) is 5.92 Å². The number of nitrogens with zero attached hydrogens (tertiary/aromatic N) is 5. The standard InChI is InChI=1S/C21H36N8O/c1-2-3-8-23-20-25-18(22)17-19(26-20)29(21(30)24-17)10-5-4-9-27-11-13-28(14-12-27)15-16-6-7-16/h16H,2-15H2,1H3,(H,24,30)(H3,22,23,25,26). The van der Waals surface area contributed by atoms with Crippen LogP contribution in [0.25, 0.3) is 11.2 Å². The number of aromatic nitrogens is 4. The van der Waals surface area contributed by atoms with E-state index >= 15 is 0 Å². The van der Waals surface area contributed by atoms with Gasteiger partial charge in [-0.2, -0.15) is 9.97 Å². The number of nitrogens with one attached hydrogen (secondary N) is 2. The molecule has 9 nitrogen and oxygen atoms in total. The molecule has 3 heterocycles. The minimum atomic E-state index is -0.162. The van der Waals surface area contributed by atoms with Crippen molar-refractivity contribution >= 4 is 22.9 Å². The number of unbranched alkanes of at least 4 members (excludes halogenated alkanes) is 2. The fourth-order valence-electron chi connectivity index (χ4n) is 4.18. The maximum atomic E-state index is 12.4. The second kappa shape index (κ2) is 9.78. The molecule has 0 amide bonds. The molecule has 1 aliphatic carbocycles. The first kappa shape index (κ1) is 21.1. The van der Waals surface area contributed by atoms with Gasteiger partial charge in [0.25, 0.3) is 0 Å². The number of aromatic amines is 1. The van der Waals surface area contributed by atoms with Crippen molar-refractivity contribution in [3.8, 4) is 0 Å². The molecule has 0 spiro atoms. The number of nitrogen functional groups attached to an aromatic ring is 1. The van der Waals surface area contributed by atoms with Crippen molar-refractivity contribution in [2.75, 3.05) is 56.9 Å². The second-order valence-corrected chi connectivity index (χ2v) is 8.79. The van der Waals surface area contributed by atoms with E-state index in [-0.39, 0.29) is 5.69 Å². The summed E-state index contributed by atoms with van der Waals surface area (Å²) in [5, 5.41) is 3.20. The van der Waals surface area contributed by atoms with E-state index in [4.69, 9.17) is 5.73 Å². The lowest BCUT2D eigenvalue weighted by molar-refractivity contribution is 0.126. The summed E-state index contributed by atoms with van der Waals surface area (Å²) in [7, 11) is 0. The molecular formula is C21H36N8O. The highest BCUT2D eigenvalue weighted by Crippen LogP contribution is 2.29. The van der Waals surface area contributed by atoms with Gasteiger partial charge in [0.05, 0.1) is 0 Å². The average molecular weight is 417 g/mol. The first-order valence-electron chi connectivity index (χ1n) is 11.6. The predicted molar refractivity (Wildman–Crippen MR) is 121 cm³/mol. The molecule has 1 saturated carbocycles. The minimum absolute atomic E-state index is 0.162. The summed E-state index contributed by atoms with van der Waals surface area (Å²) >= 11 is 0. The van der Waals surface area contributed by atoms with Crippen LogP contribution in [0.5, 0.6) is 0 Å². The van der Waals surface area contributed by atoms with Crippen molar-refractivity contribution in [1.82, 2.24) is 29.3 Å². The first-order chi connectivity index (χ1) is 14.6. The molecule has 0 bridgehead atoms. The molecule has 2 aromatic heterocycles. The molecule has 0 aromatic carbocycles. The third-order valence-electron chi connectivity index (χ3n) is 6.25. The summed E-state index contributed by atoms with van der Waals surface area (Å²) in [5.74, 6) is 1.79. The van der Waals surface area contributed by atoms with E-state index in [9.17, 15) is 4.79 Å². The van der Waals surface area contributed by atoms with Gasteiger partial charge in [-0.3, -0.25) is 4.57 Å². The summed E-state index contributed by atoms with van der Waals surface area (Å²) < 4.78 is 1.70. The summed E-state index contributed by atoms with van der Waals surface area (Å²) in [5.41, 5.74) is 7.03. The Bertz CT molecular complexity index is 879. The van der Waals surface area contributed by atoms with E-state index in [2.05, 4.69) is 37.0 Å². The molecular weight excluding hydrogens is 380 g/mol. The lowest BCUT2D eigenvalue weighted by Crippen LogP contribution is -2.47. The van der Waals surface area contributed by atoms with E-state index in [0.717, 1.165) is 57.8 Å². The number of piperazine rings is 1. The molecule has 166 valence electrons. The van der Waals surface area contributed by atoms with Crippen LogP contribution in [0, 0.1) is 5.92 Å². The van der Waals surface area contributed by atoms with Gasteiger partial charge in [0.2, 0.25) is 5.95 Å². The molecule has 1 aliphatic heterocycles. The number of imidazole rings is 1. The average Bonchev–Trinajstić information content (AvgIpc) is 3.49. The Balaban J connectivity index is 1.28. The quantitative estimate of drug-likeness (QED) is 0.479. The van der Waals surface area contributed by atoms with Crippen molar-refractivity contribution in [3.05, 3.63) is 10.5 Å². The molecule has 2 aliphatic rings. The Hall–Kier alpha value is -2.13. The molecule has 9 heteroatoms. The number of hydrogen-bond donors (Lipinski definition) is 3. The number of hydrogen-bond acceptors (Lipinski definition) is 7. The highest BCUT2D eigenvalue weighted by Gasteiger charge is 2.26. The van der Waals surface area contributed by atoms with Gasteiger partial charge < -0.3 is 25.8 Å². The zero-order chi connectivity index (χ0) is 20.9. The van der Waals surface area contributed by atoms with Crippen LogP contribution in [0.2, 0.25) is 0 Å². The molecule has 0 unspecified atom stereocenters. The van der Waals surface area contributed by atoms with Crippen molar-refractivity contribution in [2.45, 2.75) is 52.0 Å². The van der Waals surface area contributed by atoms with Crippen molar-refractivity contribution < 1.29 is 0 Å². The lowest BCUT2D eigenvalue weighted by Gasteiger charge is -2.34. The number of nitrogens with two attached hydrogens (primary N) is 1. The van der Waals surface area contributed by atoms with Crippen LogP contribution in [0.1, 0.15) is 45.4 Å². The van der Waals surface area contributed by atoms with Gasteiger partial charge in [-0.05, 0) is 44.6 Å². The minimum Gasteiger partial charge on any atom is -0.382 e. The molecule has 30 heavy (non-hydrogen) atoms. The Morgan fingerprint density at radius 2 is 1.80 bits per heavy atom. The van der Waals surface area contributed by atoms with Crippen LogP contribution in [0.4, 0.5) is 11.8 Å². The van der Waals surface area contributed by atoms with Crippen LogP contribution in [0.3, 0.4) is 0 Å². The van der Waals surface area contributed by atoms with Gasteiger partial charge in [-0.1, -0.05) is 13.3 Å². The lowest BCUT2D eigenvalue weighted by atomic mass is 10.2. The van der Waals surface area contributed by atoms with Crippen molar-refractivity contribution in [1.29, 1.82) is 0 Å². The molecule has 4 rings (SSSR count). The molecule has 4 N–H and O–H groups in total. The maximum absolute atomic E-state index is 12.4. The normalized spacial score (nSPS) is 18.3. The Kier molecular flexibility index (Phi) is 6.89. The van der Waals surface area contributed by atoms with Gasteiger partial charge in [0.1, 0.15) is 5.52 Å². The van der Waals surface area contributed by atoms with Crippen molar-refractivity contribution in [3.63, 3.8) is 0 Å². The molecule has 0 atom stereocenters. The van der Waals surface area contributed by atoms with Crippen LogP contribution >= 0.6 is 0 Å². The van der Waals surface area contributed by atoms with E-state index in [1.165, 1.54) is 32.5 Å². The summed E-state index contributed by atoms with van der Waals surface area (Å²) in [6.07, 6.45) is 7.01. The number of aryl methyl sites for hydroxylation is 1. The second-order valence-electron chi connectivity index (χ2n) is 8.79. The van der Waals surface area contributed by atoms with Gasteiger partial charge in [-0.15, -0.1) is 0 Å². The van der Waals surface area contributed by atoms with Gasteiger partial charge in [0.15, 0.2) is 11.5 Å². The highest BCUT2D eigenvalue weighted by molar-refractivity contribution is 5.82. The Labute approximate surface area is 178 Å². The topological polar surface area (TPSA) is 108 Å². The van der Waals surface area contributed by atoms with E-state index in [1.54, 1.807) is 4.57 Å².